The summed E-state index contributed by atoms with van der Waals surface area (Å²) in [6, 6.07) is 25.0. The number of rotatable bonds is 4. The molecular weight excluding hydrogens is 403 g/mol. The highest BCUT2D eigenvalue weighted by atomic mass is 35.5. The topological polar surface area (TPSA) is 32.7 Å². The second-order valence-corrected chi connectivity index (χ2v) is 7.53. The summed E-state index contributed by atoms with van der Waals surface area (Å²) in [4.78, 5) is 12.8. The van der Waals surface area contributed by atoms with E-state index in [1.807, 2.05) is 72.8 Å². The normalized spacial score (nSPS) is 14.7. The van der Waals surface area contributed by atoms with E-state index in [9.17, 15) is 4.79 Å². The van der Waals surface area contributed by atoms with Crippen molar-refractivity contribution in [3.8, 4) is 0 Å². The van der Waals surface area contributed by atoms with E-state index in [2.05, 4.69) is 0 Å². The van der Waals surface area contributed by atoms with Crippen molar-refractivity contribution in [3.63, 3.8) is 0 Å². The largest absolute Gasteiger partial charge is 0.273 e. The number of hydrazone groups is 1. The van der Waals surface area contributed by atoms with E-state index in [1.165, 1.54) is 5.01 Å². The van der Waals surface area contributed by atoms with Gasteiger partial charge in [0.1, 0.15) is 0 Å². The van der Waals surface area contributed by atoms with Crippen molar-refractivity contribution in [1.82, 2.24) is 5.01 Å². The van der Waals surface area contributed by atoms with Gasteiger partial charge in [0.05, 0.1) is 16.4 Å². The quantitative estimate of drug-likeness (QED) is 0.442. The van der Waals surface area contributed by atoms with E-state index >= 15 is 0 Å². The van der Waals surface area contributed by atoms with E-state index in [1.54, 1.807) is 12.1 Å². The fraction of sp³-hybridized carbons (Fsp3) is 0.0833. The van der Waals surface area contributed by atoms with Crippen molar-refractivity contribution in [2.75, 3.05) is 0 Å². The van der Waals surface area contributed by atoms with Gasteiger partial charge >= 0.3 is 0 Å². The van der Waals surface area contributed by atoms with E-state index in [-0.39, 0.29) is 5.91 Å². The third-order valence-corrected chi connectivity index (χ3v) is 5.22. The van der Waals surface area contributed by atoms with Gasteiger partial charge in [-0.2, -0.15) is 10.1 Å². The summed E-state index contributed by atoms with van der Waals surface area (Å²) in [5.74, 6) is -0.0510. The molecule has 0 fully saturated rings. The molecule has 3 aromatic carbocycles. The first-order valence-corrected chi connectivity index (χ1v) is 10.1. The Morgan fingerprint density at radius 1 is 0.897 bits per heavy atom. The van der Waals surface area contributed by atoms with Crippen molar-refractivity contribution in [3.05, 3.63) is 106 Å². The van der Waals surface area contributed by atoms with Crippen LogP contribution < -0.4 is 0 Å². The van der Waals surface area contributed by atoms with Gasteiger partial charge in [0.15, 0.2) is 0 Å². The van der Waals surface area contributed by atoms with Crippen LogP contribution >= 0.6 is 23.2 Å². The van der Waals surface area contributed by atoms with E-state index < -0.39 is 0 Å². The average molecular weight is 421 g/mol. The summed E-state index contributed by atoms with van der Waals surface area (Å²) in [5, 5.41) is 7.29. The van der Waals surface area contributed by atoms with Crippen molar-refractivity contribution < 1.29 is 4.79 Å². The number of nitrogens with zero attached hydrogens (tertiary/aromatic N) is 2. The lowest BCUT2D eigenvalue weighted by Crippen LogP contribution is -2.31. The molecule has 0 aromatic heterocycles. The van der Waals surface area contributed by atoms with Gasteiger partial charge in [0, 0.05) is 29.0 Å². The third kappa shape index (κ3) is 4.42. The minimum atomic E-state index is -0.0510. The minimum absolute atomic E-state index is 0.0510. The number of carbonyl (C=O) groups excluding carboxylic acids is 1. The molecule has 0 atom stereocenters. The van der Waals surface area contributed by atoms with Crippen LogP contribution in [-0.4, -0.2) is 16.6 Å². The number of carbonyl (C=O) groups is 1. The molecule has 144 valence electrons. The number of halogens is 2. The molecular formula is C24H18Cl2N2O. The van der Waals surface area contributed by atoms with Crippen LogP contribution in [0.2, 0.25) is 10.0 Å². The Bertz CT molecular complexity index is 1090. The highest BCUT2D eigenvalue weighted by Crippen LogP contribution is 2.30. The van der Waals surface area contributed by atoms with Crippen LogP contribution in [0.1, 0.15) is 29.5 Å². The summed E-state index contributed by atoms with van der Waals surface area (Å²) >= 11 is 12.4. The monoisotopic (exact) mass is 420 g/mol. The number of hydrogen-bond acceptors (Lipinski definition) is 2. The molecule has 29 heavy (non-hydrogen) atoms. The lowest BCUT2D eigenvalue weighted by molar-refractivity contribution is -0.128. The zero-order chi connectivity index (χ0) is 20.2. The molecule has 5 heteroatoms. The summed E-state index contributed by atoms with van der Waals surface area (Å²) in [6.07, 6.45) is 2.87. The van der Waals surface area contributed by atoms with Crippen molar-refractivity contribution in [2.24, 2.45) is 5.10 Å². The van der Waals surface area contributed by atoms with Crippen LogP contribution in [-0.2, 0) is 4.79 Å². The summed E-state index contributed by atoms with van der Waals surface area (Å²) in [6.45, 7) is 0. The zero-order valence-electron chi connectivity index (χ0n) is 15.6. The van der Waals surface area contributed by atoms with Crippen LogP contribution in [0, 0.1) is 0 Å². The highest BCUT2D eigenvalue weighted by molar-refractivity contribution is 6.37. The van der Waals surface area contributed by atoms with Gasteiger partial charge in [-0.3, -0.25) is 4.79 Å². The Morgan fingerprint density at radius 2 is 1.59 bits per heavy atom. The minimum Gasteiger partial charge on any atom is -0.273 e. The first-order chi connectivity index (χ1) is 14.1. The Kier molecular flexibility index (Phi) is 5.79. The van der Waals surface area contributed by atoms with Crippen LogP contribution in [0.4, 0.5) is 0 Å². The molecule has 1 heterocycles. The third-order valence-electron chi connectivity index (χ3n) is 4.68. The van der Waals surface area contributed by atoms with Gasteiger partial charge in [0.25, 0.3) is 0 Å². The lowest BCUT2D eigenvalue weighted by atomic mass is 10.0. The maximum atomic E-state index is 12.8. The predicted molar refractivity (Wildman–Crippen MR) is 120 cm³/mol. The molecule has 1 aliphatic rings. The van der Waals surface area contributed by atoms with Gasteiger partial charge < -0.3 is 0 Å². The SMILES string of the molecule is O=C1CCC(c2ccc(Cl)cc2Cl)=NN1/C(=C/c1ccccc1)c1ccccc1. The van der Waals surface area contributed by atoms with Gasteiger partial charge in [-0.1, -0.05) is 89.9 Å². The van der Waals surface area contributed by atoms with Gasteiger partial charge in [-0.05, 0) is 23.8 Å². The van der Waals surface area contributed by atoms with Crippen LogP contribution in [0.3, 0.4) is 0 Å². The second-order valence-electron chi connectivity index (χ2n) is 6.68. The van der Waals surface area contributed by atoms with E-state index in [4.69, 9.17) is 28.3 Å². The molecule has 0 saturated heterocycles. The molecule has 0 aliphatic carbocycles. The molecule has 1 aliphatic heterocycles. The summed E-state index contributed by atoms with van der Waals surface area (Å²) in [7, 11) is 0. The molecule has 1 amide bonds. The van der Waals surface area contributed by atoms with Crippen LogP contribution in [0.15, 0.2) is 84.0 Å². The summed E-state index contributed by atoms with van der Waals surface area (Å²) in [5.41, 5.74) is 4.19. The predicted octanol–water partition coefficient (Wildman–Crippen LogP) is 6.52. The van der Waals surface area contributed by atoms with Crippen LogP contribution in [0.25, 0.3) is 11.8 Å². The Labute approximate surface area is 179 Å². The molecule has 0 saturated carbocycles. The molecule has 0 N–H and O–H groups in total. The standard InChI is InChI=1S/C24H18Cl2N2O/c25-19-11-12-20(21(26)16-19)22-13-14-24(29)28(27-22)23(18-9-5-2-6-10-18)15-17-7-3-1-4-8-17/h1-12,15-16H,13-14H2/b23-15+. The Hall–Kier alpha value is -2.88. The number of hydrogen-bond donors (Lipinski definition) is 0. The average Bonchev–Trinajstić information content (AvgIpc) is 2.74. The molecule has 3 nitrogen and oxygen atoms in total. The Morgan fingerprint density at radius 3 is 2.28 bits per heavy atom. The molecule has 0 spiro atoms. The molecule has 3 aromatic rings. The lowest BCUT2D eigenvalue weighted by Gasteiger charge is -2.26. The molecule has 0 unspecified atom stereocenters. The Balaban J connectivity index is 1.82. The van der Waals surface area contributed by atoms with Gasteiger partial charge in [0.2, 0.25) is 5.91 Å². The van der Waals surface area contributed by atoms with Gasteiger partial charge in [-0.15, -0.1) is 0 Å². The zero-order valence-corrected chi connectivity index (χ0v) is 17.1. The van der Waals surface area contributed by atoms with Crippen molar-refractivity contribution >= 4 is 46.6 Å². The second kappa shape index (κ2) is 8.64. The highest BCUT2D eigenvalue weighted by Gasteiger charge is 2.26. The maximum absolute atomic E-state index is 12.8. The van der Waals surface area contributed by atoms with E-state index in [0.717, 1.165) is 28.1 Å². The summed E-state index contributed by atoms with van der Waals surface area (Å²) < 4.78 is 0. The fourth-order valence-electron chi connectivity index (χ4n) is 3.24. The van der Waals surface area contributed by atoms with E-state index in [0.29, 0.717) is 22.9 Å². The van der Waals surface area contributed by atoms with Crippen molar-refractivity contribution in [1.29, 1.82) is 0 Å². The first-order valence-electron chi connectivity index (χ1n) is 9.30. The molecule has 4 rings (SSSR count). The maximum Gasteiger partial charge on any atom is 0.247 e. The number of benzene rings is 3. The van der Waals surface area contributed by atoms with Crippen molar-refractivity contribution in [2.45, 2.75) is 12.8 Å². The first kappa shape index (κ1) is 19.4. The van der Waals surface area contributed by atoms with Gasteiger partial charge in [-0.25, -0.2) is 0 Å². The number of amides is 1. The smallest absolute Gasteiger partial charge is 0.247 e. The fourth-order valence-corrected chi connectivity index (χ4v) is 3.76. The molecule has 0 bridgehead atoms. The van der Waals surface area contributed by atoms with Crippen LogP contribution in [0.5, 0.6) is 0 Å². The molecule has 0 radical (unpaired) electrons.